The fourth-order valence-electron chi connectivity index (χ4n) is 7.15. The molecule has 0 N–H and O–H groups in total. The van der Waals surface area contributed by atoms with Crippen molar-refractivity contribution in [3.8, 4) is 0 Å². The Labute approximate surface area is 302 Å². The Morgan fingerprint density at radius 1 is 0.702 bits per heavy atom. The molecule has 0 radical (unpaired) electrons. The number of nitrogens with zero attached hydrogens (tertiary/aromatic N) is 2. The van der Waals surface area contributed by atoms with E-state index < -0.39 is 30.0 Å². The van der Waals surface area contributed by atoms with Crippen molar-refractivity contribution in [2.75, 3.05) is 13.2 Å². The Kier molecular flexibility index (Phi) is 13.5. The van der Waals surface area contributed by atoms with Crippen LogP contribution in [0.25, 0.3) is 0 Å². The second kappa shape index (κ2) is 14.1. The maximum atomic E-state index is 13.9. The van der Waals surface area contributed by atoms with Gasteiger partial charge in [-0.15, -0.1) is 31.2 Å². The van der Waals surface area contributed by atoms with Gasteiger partial charge in [0.25, 0.3) is 0 Å². The van der Waals surface area contributed by atoms with E-state index >= 15 is 0 Å². The smallest absolute Gasteiger partial charge is 0.345 e. The highest BCUT2D eigenvalue weighted by Gasteiger charge is 2.63. The first kappa shape index (κ1) is 44.9. The minimum atomic E-state index is -3.91. The highest BCUT2D eigenvalue weighted by atomic mass is 31.2. The van der Waals surface area contributed by atoms with Crippen molar-refractivity contribution in [1.29, 1.82) is 0 Å². The summed E-state index contributed by atoms with van der Waals surface area (Å²) in [5.41, 5.74) is -2.05. The number of aromatic nitrogens is 2. The highest BCUT2D eigenvalue weighted by Crippen LogP contribution is 2.76. The maximum Gasteiger partial charge on any atom is 0.345 e. The van der Waals surface area contributed by atoms with Crippen LogP contribution in [-0.4, -0.2) is 174 Å². The Bertz CT molecular complexity index is 1300. The van der Waals surface area contributed by atoms with Gasteiger partial charge in [0, 0.05) is 0 Å². The summed E-state index contributed by atoms with van der Waals surface area (Å²) in [6.45, 7) is 8.93. The molecule has 0 fully saturated rings. The largest absolute Gasteiger partial charge is 0.459 e. The second-order valence-electron chi connectivity index (χ2n) is 19.3. The van der Waals surface area contributed by atoms with Gasteiger partial charge in [-0.25, -0.2) is 0 Å². The molecule has 1 heterocycles. The summed E-state index contributed by atoms with van der Waals surface area (Å²) < 4.78 is 36.6. The van der Waals surface area contributed by atoms with Gasteiger partial charge in [0.1, 0.15) is 21.3 Å². The predicted molar refractivity (Wildman–Crippen MR) is 244 cm³/mol. The molecule has 1 aromatic heterocycles. The molecule has 1 unspecified atom stereocenters. The monoisotopic (exact) mass is 651 g/mol. The lowest BCUT2D eigenvalue weighted by atomic mass is 9.00. The first-order chi connectivity index (χ1) is 20.6. The van der Waals surface area contributed by atoms with Crippen LogP contribution in [0.5, 0.6) is 0 Å². The van der Waals surface area contributed by atoms with Gasteiger partial charge < -0.3 is 18.3 Å². The van der Waals surface area contributed by atoms with Crippen molar-refractivity contribution in [3.05, 3.63) is 11.7 Å². The van der Waals surface area contributed by atoms with Gasteiger partial charge in [-0.3, -0.25) is 9.36 Å². The summed E-state index contributed by atoms with van der Waals surface area (Å²) in [6.07, 6.45) is -0.131. The summed E-state index contributed by atoms with van der Waals surface area (Å²) in [5.74, 6) is 0.0249. The molecule has 0 aliphatic rings. The quantitative estimate of drug-likeness (QED) is 0.0992. The molecule has 1 aromatic rings. The fourth-order valence-corrected chi connectivity index (χ4v) is 9.00. The van der Waals surface area contributed by atoms with E-state index in [1.807, 2.05) is 0 Å². The molecule has 1 atom stereocenters. The minimum absolute atomic E-state index is 0.0200. The molecule has 0 saturated carbocycles. The van der Waals surface area contributed by atoms with E-state index in [0.29, 0.717) is 5.82 Å². The van der Waals surface area contributed by atoms with E-state index in [1.54, 1.807) is 34.6 Å². The molecular weight excluding hydrogens is 591 g/mol. The summed E-state index contributed by atoms with van der Waals surface area (Å²) in [4.78, 5) is 18.3. The summed E-state index contributed by atoms with van der Waals surface area (Å²) >= 11 is 0. The maximum absolute atomic E-state index is 13.9. The molecule has 0 saturated heterocycles. The van der Waals surface area contributed by atoms with Gasteiger partial charge in [0.05, 0.1) is 137 Å². The molecule has 0 aliphatic heterocycles. The van der Waals surface area contributed by atoms with E-state index in [2.05, 4.69) is 139 Å². The third-order valence-electron chi connectivity index (χ3n) is 14.3. The van der Waals surface area contributed by atoms with E-state index in [1.165, 1.54) is 0 Å². The third kappa shape index (κ3) is 8.02. The lowest BCUT2D eigenvalue weighted by molar-refractivity contribution is -0.154. The molecule has 0 aromatic carbocycles. The third-order valence-corrected chi connectivity index (χ3v) is 16.7. The zero-order chi connectivity index (χ0) is 37.7. The summed E-state index contributed by atoms with van der Waals surface area (Å²) in [6, 6.07) is 0. The predicted octanol–water partition coefficient (Wildman–Crippen LogP) is -11.7. The van der Waals surface area contributed by atoms with Crippen LogP contribution in [0, 0.1) is 0 Å². The van der Waals surface area contributed by atoms with Crippen molar-refractivity contribution in [1.82, 2.24) is 10.1 Å². The lowest BCUT2D eigenvalue weighted by Gasteiger charge is -2.72. The van der Waals surface area contributed by atoms with Gasteiger partial charge in [0.15, 0.2) is 11.5 Å². The van der Waals surface area contributed by atoms with Crippen molar-refractivity contribution in [3.63, 3.8) is 0 Å². The Hall–Kier alpha value is -0.136. The minimum Gasteiger partial charge on any atom is -0.459 e. The zero-order valence-corrected chi connectivity index (χ0v) is 35.4. The van der Waals surface area contributed by atoms with Crippen molar-refractivity contribution < 1.29 is 27.7 Å². The van der Waals surface area contributed by atoms with E-state index in [4.69, 9.17) is 23.3 Å². The molecule has 8 nitrogen and oxygen atoms in total. The summed E-state index contributed by atoms with van der Waals surface area (Å²) in [5, 5.41) is 3.07. The van der Waals surface area contributed by atoms with Gasteiger partial charge in [-0.2, -0.15) is 4.98 Å². The number of rotatable bonds is 16. The molecule has 26 heteroatoms. The lowest BCUT2D eigenvalue weighted by Crippen LogP contribution is -2.62. The normalized spacial score (nSPS) is 15.6. The standard InChI is InChI=1S/C21H56B17N2O6P/c1-6-43-47(42,44-7-2)9(11(41)45-13(3,4)5)8-10-39-12(40-46-10)14(22,23)15(24,25)16(26,27)17(28,29)18(30,31)19(32,33)20(34,35)21(36,37)38/h9H,6-8,22-38H2,1-5H3. The fraction of sp³-hybridized carbons (Fsp3) is 0.857. The van der Waals surface area contributed by atoms with Crippen LogP contribution in [0.15, 0.2) is 4.52 Å². The molecular formula is C21H56B17N2O6P. The average Bonchev–Trinajstić information content (AvgIpc) is 3.34. The second-order valence-corrected chi connectivity index (χ2v) is 21.5. The Morgan fingerprint density at radius 3 is 1.45 bits per heavy atom. The van der Waals surface area contributed by atoms with Crippen molar-refractivity contribution in [2.24, 2.45) is 0 Å². The number of carbonyl (C=O) groups is 1. The SMILES string of the molecule is BC(B)(B)C(B)(B)C(B)(B)C(B)(B)C(B)(B)C(B)(B)C(B)(B)C(B)(B)c1noc(CC(C(=O)OC(C)(C)C)P(=O)(OCC)OCC)n1. The molecule has 0 aliphatic carbocycles. The van der Waals surface area contributed by atoms with Gasteiger partial charge in [0.2, 0.25) is 5.89 Å². The Morgan fingerprint density at radius 2 is 1.09 bits per heavy atom. The molecule has 242 valence electrons. The van der Waals surface area contributed by atoms with Crippen LogP contribution in [-0.2, 0) is 34.8 Å². The summed E-state index contributed by atoms with van der Waals surface area (Å²) in [7, 11) is 36.2. The van der Waals surface area contributed by atoms with Gasteiger partial charge in [-0.05, 0) is 39.8 Å². The zero-order valence-electron chi connectivity index (χ0n) is 34.5. The topological polar surface area (TPSA) is 101 Å². The van der Waals surface area contributed by atoms with Crippen LogP contribution in [0.4, 0.5) is 0 Å². The van der Waals surface area contributed by atoms with Crippen LogP contribution < -0.4 is 0 Å². The molecule has 47 heavy (non-hydrogen) atoms. The van der Waals surface area contributed by atoms with Gasteiger partial charge >= 0.3 is 13.6 Å². The number of hydrogen-bond donors (Lipinski definition) is 0. The first-order valence-electron chi connectivity index (χ1n) is 17.5. The molecule has 0 spiro atoms. The van der Waals surface area contributed by atoms with Crippen LogP contribution in [0.3, 0.4) is 0 Å². The molecule has 0 amide bonds. The van der Waals surface area contributed by atoms with Gasteiger partial charge in [-0.1, -0.05) is 10.4 Å². The number of esters is 1. The number of carbonyl (C=O) groups excluding carboxylic acids is 1. The van der Waals surface area contributed by atoms with E-state index in [-0.39, 0.29) is 61.9 Å². The van der Waals surface area contributed by atoms with Crippen LogP contribution >= 0.6 is 7.60 Å². The van der Waals surface area contributed by atoms with E-state index in [0.717, 1.165) is 0 Å². The number of ether oxygens (including phenoxy) is 1. The van der Waals surface area contributed by atoms with Crippen LogP contribution in [0.2, 0.25) is 36.4 Å². The Balaban J connectivity index is 3.72. The molecule has 0 bridgehead atoms. The van der Waals surface area contributed by atoms with Crippen molar-refractivity contribution in [2.45, 2.75) is 93.9 Å². The molecule has 1 rings (SSSR count). The van der Waals surface area contributed by atoms with Crippen LogP contribution in [0.1, 0.15) is 46.3 Å². The number of hydrogen-bond acceptors (Lipinski definition) is 8. The first-order valence-corrected chi connectivity index (χ1v) is 19.1. The average molecular weight is 647 g/mol. The van der Waals surface area contributed by atoms with Crippen molar-refractivity contribution >= 4 is 147 Å². The van der Waals surface area contributed by atoms with E-state index in [9.17, 15) is 9.36 Å². The highest BCUT2D eigenvalue weighted by molar-refractivity contribution is 7.55.